The van der Waals surface area contributed by atoms with Gasteiger partial charge in [-0.25, -0.2) is 4.68 Å². The molecule has 10 heteroatoms. The number of rotatable bonds is 7. The first-order chi connectivity index (χ1) is 14.2. The molecule has 0 unspecified atom stereocenters. The highest BCUT2D eigenvalue weighted by Gasteiger charge is 2.18. The SMILES string of the molecule is C[C@H](NC(=O)Cn1cnnn1)c1nc(-c2cccc(Oc3ccccc3)c2)no1. The maximum Gasteiger partial charge on any atom is 0.249 e. The fourth-order valence-corrected chi connectivity index (χ4v) is 2.60. The zero-order valence-electron chi connectivity index (χ0n) is 15.5. The van der Waals surface area contributed by atoms with E-state index in [-0.39, 0.29) is 12.5 Å². The molecule has 0 saturated carbocycles. The Labute approximate surface area is 165 Å². The molecule has 4 rings (SSSR count). The zero-order valence-corrected chi connectivity index (χ0v) is 15.5. The molecule has 0 fully saturated rings. The second kappa shape index (κ2) is 8.30. The van der Waals surface area contributed by atoms with Crippen molar-refractivity contribution in [2.45, 2.75) is 19.5 Å². The second-order valence-electron chi connectivity index (χ2n) is 6.20. The molecule has 146 valence electrons. The molecule has 1 N–H and O–H groups in total. The van der Waals surface area contributed by atoms with E-state index in [4.69, 9.17) is 9.26 Å². The van der Waals surface area contributed by atoms with Gasteiger partial charge in [-0.1, -0.05) is 35.5 Å². The van der Waals surface area contributed by atoms with Gasteiger partial charge in [-0.2, -0.15) is 4.98 Å². The molecule has 1 amide bonds. The van der Waals surface area contributed by atoms with E-state index in [1.165, 1.54) is 11.0 Å². The Hall–Kier alpha value is -4.08. The van der Waals surface area contributed by atoms with Crippen molar-refractivity contribution in [3.05, 3.63) is 66.8 Å². The fraction of sp³-hybridized carbons (Fsp3) is 0.158. The Morgan fingerprint density at radius 1 is 1.17 bits per heavy atom. The largest absolute Gasteiger partial charge is 0.457 e. The van der Waals surface area contributed by atoms with Gasteiger partial charge < -0.3 is 14.6 Å². The lowest BCUT2D eigenvalue weighted by atomic mass is 10.2. The number of carbonyl (C=O) groups is 1. The maximum atomic E-state index is 12.1. The Morgan fingerprint density at radius 3 is 2.79 bits per heavy atom. The van der Waals surface area contributed by atoms with Gasteiger partial charge in [-0.15, -0.1) is 5.10 Å². The summed E-state index contributed by atoms with van der Waals surface area (Å²) in [6.45, 7) is 1.75. The summed E-state index contributed by atoms with van der Waals surface area (Å²) < 4.78 is 12.5. The molecule has 2 aromatic heterocycles. The van der Waals surface area contributed by atoms with Crippen molar-refractivity contribution in [2.24, 2.45) is 0 Å². The van der Waals surface area contributed by atoms with Crippen LogP contribution in [0, 0.1) is 0 Å². The number of carbonyl (C=O) groups excluding carboxylic acids is 1. The first kappa shape index (κ1) is 18.3. The molecule has 0 radical (unpaired) electrons. The zero-order chi connectivity index (χ0) is 20.1. The number of aromatic nitrogens is 6. The molecule has 2 heterocycles. The topological polar surface area (TPSA) is 121 Å². The van der Waals surface area contributed by atoms with Crippen LogP contribution in [0.4, 0.5) is 0 Å². The molecule has 4 aromatic rings. The minimum Gasteiger partial charge on any atom is -0.457 e. The summed E-state index contributed by atoms with van der Waals surface area (Å²) in [5.41, 5.74) is 0.737. The monoisotopic (exact) mass is 391 g/mol. The van der Waals surface area contributed by atoms with Crippen molar-refractivity contribution in [2.75, 3.05) is 0 Å². The predicted octanol–water partition coefficient (Wildman–Crippen LogP) is 2.39. The van der Waals surface area contributed by atoms with Gasteiger partial charge in [-0.3, -0.25) is 4.79 Å². The molecule has 29 heavy (non-hydrogen) atoms. The van der Waals surface area contributed by atoms with E-state index in [1.54, 1.807) is 6.92 Å². The van der Waals surface area contributed by atoms with Crippen molar-refractivity contribution in [3.8, 4) is 22.9 Å². The summed E-state index contributed by atoms with van der Waals surface area (Å²) in [5, 5.41) is 17.4. The third-order valence-electron chi connectivity index (χ3n) is 3.96. The highest BCUT2D eigenvalue weighted by Crippen LogP contribution is 2.26. The summed E-state index contributed by atoms with van der Waals surface area (Å²) in [4.78, 5) is 16.4. The van der Waals surface area contributed by atoms with Gasteiger partial charge in [0, 0.05) is 5.56 Å². The number of nitrogens with one attached hydrogen (secondary N) is 1. The van der Waals surface area contributed by atoms with Crippen LogP contribution in [0.15, 0.2) is 65.4 Å². The standard InChI is InChI=1S/C19H17N7O3/c1-13(21-17(27)11-26-12-20-24-25-26)19-22-18(23-29-19)14-6-5-9-16(10-14)28-15-7-3-2-4-8-15/h2-10,12-13H,11H2,1H3,(H,21,27)/t13-/m0/s1. The molecule has 0 aliphatic heterocycles. The summed E-state index contributed by atoms with van der Waals surface area (Å²) in [5.74, 6) is 1.81. The number of nitrogens with zero attached hydrogens (tertiary/aromatic N) is 6. The lowest BCUT2D eigenvalue weighted by Gasteiger charge is -2.09. The number of hydrogen-bond acceptors (Lipinski definition) is 8. The first-order valence-corrected chi connectivity index (χ1v) is 8.84. The highest BCUT2D eigenvalue weighted by molar-refractivity contribution is 5.75. The number of amides is 1. The van der Waals surface area contributed by atoms with Gasteiger partial charge in [-0.05, 0) is 41.6 Å². The van der Waals surface area contributed by atoms with Crippen LogP contribution < -0.4 is 10.1 Å². The van der Waals surface area contributed by atoms with Gasteiger partial charge in [0.15, 0.2) is 0 Å². The molecule has 0 bridgehead atoms. The Kier molecular flexibility index (Phi) is 5.23. The van der Waals surface area contributed by atoms with E-state index in [0.717, 1.165) is 11.3 Å². The number of tetrazole rings is 1. The third kappa shape index (κ3) is 4.61. The van der Waals surface area contributed by atoms with E-state index in [9.17, 15) is 4.79 Å². The van der Waals surface area contributed by atoms with Crippen LogP contribution in [-0.4, -0.2) is 36.3 Å². The molecule has 0 saturated heterocycles. The van der Waals surface area contributed by atoms with Gasteiger partial charge in [0.25, 0.3) is 0 Å². The lowest BCUT2D eigenvalue weighted by molar-refractivity contribution is -0.122. The minimum atomic E-state index is -0.469. The van der Waals surface area contributed by atoms with Crippen molar-refractivity contribution in [1.29, 1.82) is 0 Å². The van der Waals surface area contributed by atoms with E-state index in [0.29, 0.717) is 17.5 Å². The Balaban J connectivity index is 1.43. The van der Waals surface area contributed by atoms with Gasteiger partial charge in [0.2, 0.25) is 17.6 Å². The Morgan fingerprint density at radius 2 is 2.00 bits per heavy atom. The average molecular weight is 391 g/mol. The quantitative estimate of drug-likeness (QED) is 0.510. The number of para-hydroxylation sites is 1. The molecule has 1 atom stereocenters. The summed E-state index contributed by atoms with van der Waals surface area (Å²) in [6, 6.07) is 16.4. The molecular weight excluding hydrogens is 374 g/mol. The smallest absolute Gasteiger partial charge is 0.249 e. The molecular formula is C19H17N7O3. The van der Waals surface area contributed by atoms with Crippen LogP contribution in [0.5, 0.6) is 11.5 Å². The maximum absolute atomic E-state index is 12.1. The molecule has 0 spiro atoms. The van der Waals surface area contributed by atoms with Crippen molar-refractivity contribution in [1.82, 2.24) is 35.7 Å². The second-order valence-corrected chi connectivity index (χ2v) is 6.20. The van der Waals surface area contributed by atoms with Crippen molar-refractivity contribution < 1.29 is 14.1 Å². The molecule has 0 aliphatic rings. The third-order valence-corrected chi connectivity index (χ3v) is 3.96. The molecule has 10 nitrogen and oxygen atoms in total. The van der Waals surface area contributed by atoms with Crippen LogP contribution >= 0.6 is 0 Å². The molecule has 0 aliphatic carbocycles. The first-order valence-electron chi connectivity index (χ1n) is 8.84. The summed E-state index contributed by atoms with van der Waals surface area (Å²) in [6.07, 6.45) is 1.36. The normalized spacial score (nSPS) is 11.8. The summed E-state index contributed by atoms with van der Waals surface area (Å²) >= 11 is 0. The van der Waals surface area contributed by atoms with Crippen LogP contribution in [0.2, 0.25) is 0 Å². The fourth-order valence-electron chi connectivity index (χ4n) is 2.60. The Bertz CT molecular complexity index is 1080. The van der Waals surface area contributed by atoms with Gasteiger partial charge in [0.1, 0.15) is 30.4 Å². The van der Waals surface area contributed by atoms with E-state index in [1.807, 2.05) is 54.6 Å². The minimum absolute atomic E-state index is 0.00277. The van der Waals surface area contributed by atoms with Crippen LogP contribution in [0.25, 0.3) is 11.4 Å². The van der Waals surface area contributed by atoms with Gasteiger partial charge >= 0.3 is 0 Å². The van der Waals surface area contributed by atoms with Crippen molar-refractivity contribution >= 4 is 5.91 Å². The van der Waals surface area contributed by atoms with Crippen LogP contribution in [0.3, 0.4) is 0 Å². The van der Waals surface area contributed by atoms with Crippen LogP contribution in [-0.2, 0) is 11.3 Å². The van der Waals surface area contributed by atoms with E-state index < -0.39 is 6.04 Å². The number of hydrogen-bond donors (Lipinski definition) is 1. The summed E-state index contributed by atoms with van der Waals surface area (Å²) in [7, 11) is 0. The average Bonchev–Trinajstić information content (AvgIpc) is 3.41. The number of ether oxygens (including phenoxy) is 1. The van der Waals surface area contributed by atoms with E-state index in [2.05, 4.69) is 31.0 Å². The number of benzene rings is 2. The van der Waals surface area contributed by atoms with Crippen LogP contribution in [0.1, 0.15) is 18.9 Å². The highest BCUT2D eigenvalue weighted by atomic mass is 16.5. The predicted molar refractivity (Wildman–Crippen MR) is 101 cm³/mol. The van der Waals surface area contributed by atoms with Gasteiger partial charge in [0.05, 0.1) is 0 Å². The lowest BCUT2D eigenvalue weighted by Crippen LogP contribution is -2.30. The van der Waals surface area contributed by atoms with E-state index >= 15 is 0 Å². The van der Waals surface area contributed by atoms with Crippen molar-refractivity contribution in [3.63, 3.8) is 0 Å². The molecule has 2 aromatic carbocycles.